The predicted molar refractivity (Wildman–Crippen MR) is 91.9 cm³/mol. The molecule has 6 nitrogen and oxygen atoms in total. The van der Waals surface area contributed by atoms with Crippen molar-refractivity contribution in [3.8, 4) is 0 Å². The topological polar surface area (TPSA) is 78.9 Å². The highest BCUT2D eigenvalue weighted by Crippen LogP contribution is 2.35. The highest BCUT2D eigenvalue weighted by atomic mass is 16.6. The molecule has 2 atom stereocenters. The largest absolute Gasteiger partial charge is 0.480 e. The van der Waals surface area contributed by atoms with E-state index in [1.54, 1.807) is 20.8 Å². The summed E-state index contributed by atoms with van der Waals surface area (Å²) in [5.74, 6) is -0.963. The van der Waals surface area contributed by atoms with Crippen molar-refractivity contribution in [2.24, 2.45) is 5.41 Å². The zero-order valence-corrected chi connectivity index (χ0v) is 15.6. The molecule has 2 N–H and O–H groups in total. The smallest absolute Gasteiger partial charge is 0.411 e. The minimum absolute atomic E-state index is 0.0184. The summed E-state index contributed by atoms with van der Waals surface area (Å²) in [5.41, 5.74) is -0.222. The van der Waals surface area contributed by atoms with Crippen LogP contribution in [0.4, 0.5) is 4.79 Å². The van der Waals surface area contributed by atoms with Crippen LogP contribution in [-0.2, 0) is 9.53 Å². The molecule has 0 aromatic rings. The second-order valence-electron chi connectivity index (χ2n) is 9.02. The molecule has 0 unspecified atom stereocenters. The first-order chi connectivity index (χ1) is 11.0. The van der Waals surface area contributed by atoms with E-state index in [-0.39, 0.29) is 6.04 Å². The average Bonchev–Trinajstić information content (AvgIpc) is 2.83. The van der Waals surface area contributed by atoms with E-state index in [0.717, 1.165) is 12.8 Å². The van der Waals surface area contributed by atoms with Gasteiger partial charge in [-0.1, -0.05) is 13.8 Å². The number of carboxylic acids is 1. The Morgan fingerprint density at radius 3 is 2.25 bits per heavy atom. The molecule has 1 saturated carbocycles. The molecule has 1 saturated heterocycles. The number of rotatable bonds is 3. The van der Waals surface area contributed by atoms with Crippen molar-refractivity contribution in [3.63, 3.8) is 0 Å². The summed E-state index contributed by atoms with van der Waals surface area (Å²) in [6, 6.07) is -0.377. The van der Waals surface area contributed by atoms with Crippen molar-refractivity contribution < 1.29 is 19.4 Å². The van der Waals surface area contributed by atoms with Gasteiger partial charge in [0.15, 0.2) is 0 Å². The molecule has 6 heteroatoms. The number of ether oxygens (including phenoxy) is 1. The van der Waals surface area contributed by atoms with Crippen LogP contribution in [0.2, 0.25) is 0 Å². The maximum Gasteiger partial charge on any atom is 0.411 e. The highest BCUT2D eigenvalue weighted by Gasteiger charge is 2.42. The minimum Gasteiger partial charge on any atom is -0.480 e. The van der Waals surface area contributed by atoms with Crippen LogP contribution in [0.3, 0.4) is 0 Å². The zero-order valence-electron chi connectivity index (χ0n) is 15.6. The lowest BCUT2D eigenvalue weighted by Crippen LogP contribution is -2.45. The SMILES string of the molecule is CC1(C)CCC(N[C@H]2C[C@@H](C(=O)O)N(C(=O)OC(C)(C)C)C2)CC1. The lowest BCUT2D eigenvalue weighted by atomic mass is 9.75. The van der Waals surface area contributed by atoms with E-state index in [4.69, 9.17) is 4.74 Å². The Kier molecular flexibility index (Phi) is 5.47. The standard InChI is InChI=1S/C18H32N2O4/c1-17(2,3)24-16(23)20-11-13(10-14(20)15(21)22)19-12-6-8-18(4,5)9-7-12/h12-14,19H,6-11H2,1-5H3,(H,21,22)/t13-,14-/m0/s1. The van der Waals surface area contributed by atoms with E-state index < -0.39 is 23.7 Å². The van der Waals surface area contributed by atoms with Crippen molar-refractivity contribution in [2.75, 3.05) is 6.54 Å². The number of likely N-dealkylation sites (tertiary alicyclic amines) is 1. The molecule has 2 rings (SSSR count). The number of carbonyl (C=O) groups is 2. The molecule has 1 amide bonds. The Morgan fingerprint density at radius 2 is 1.75 bits per heavy atom. The predicted octanol–water partition coefficient (Wildman–Crippen LogP) is 3.01. The number of amides is 1. The van der Waals surface area contributed by atoms with Crippen LogP contribution in [-0.4, -0.2) is 52.3 Å². The fraction of sp³-hybridized carbons (Fsp3) is 0.889. The molecule has 0 aromatic heterocycles. The van der Waals surface area contributed by atoms with E-state index in [1.807, 2.05) is 0 Å². The summed E-state index contributed by atoms with van der Waals surface area (Å²) in [6.07, 6.45) is 4.46. The highest BCUT2D eigenvalue weighted by molar-refractivity contribution is 5.81. The van der Waals surface area contributed by atoms with Gasteiger partial charge in [0.2, 0.25) is 0 Å². The van der Waals surface area contributed by atoms with Crippen molar-refractivity contribution in [1.29, 1.82) is 0 Å². The summed E-state index contributed by atoms with van der Waals surface area (Å²) in [6.45, 7) is 10.3. The molecule has 138 valence electrons. The summed E-state index contributed by atoms with van der Waals surface area (Å²) in [4.78, 5) is 25.2. The molecule has 2 aliphatic rings. The second-order valence-corrected chi connectivity index (χ2v) is 9.02. The summed E-state index contributed by atoms with van der Waals surface area (Å²) in [7, 11) is 0. The van der Waals surface area contributed by atoms with Crippen LogP contribution < -0.4 is 5.32 Å². The fourth-order valence-electron chi connectivity index (χ4n) is 3.61. The van der Waals surface area contributed by atoms with Crippen molar-refractivity contribution >= 4 is 12.1 Å². The van der Waals surface area contributed by atoms with Gasteiger partial charge >= 0.3 is 12.1 Å². The Labute approximate surface area is 144 Å². The first-order valence-electron chi connectivity index (χ1n) is 8.95. The van der Waals surface area contributed by atoms with Gasteiger partial charge in [-0.3, -0.25) is 4.90 Å². The normalized spacial score (nSPS) is 28.0. The van der Waals surface area contributed by atoms with Crippen molar-refractivity contribution in [1.82, 2.24) is 10.2 Å². The molecule has 1 heterocycles. The van der Waals surface area contributed by atoms with Gasteiger partial charge < -0.3 is 15.2 Å². The van der Waals surface area contributed by atoms with Gasteiger partial charge in [0.05, 0.1) is 0 Å². The van der Waals surface area contributed by atoms with Crippen LogP contribution >= 0.6 is 0 Å². The second kappa shape index (κ2) is 6.90. The fourth-order valence-corrected chi connectivity index (χ4v) is 3.61. The Balaban J connectivity index is 1.94. The summed E-state index contributed by atoms with van der Waals surface area (Å²) in [5, 5.41) is 13.0. The van der Waals surface area contributed by atoms with Gasteiger partial charge in [0.25, 0.3) is 0 Å². The molecule has 0 spiro atoms. The zero-order chi connectivity index (χ0) is 18.1. The first-order valence-corrected chi connectivity index (χ1v) is 8.95. The molecule has 0 aromatic carbocycles. The lowest BCUT2D eigenvalue weighted by Gasteiger charge is -2.36. The van der Waals surface area contributed by atoms with Gasteiger partial charge in [-0.15, -0.1) is 0 Å². The number of hydrogen-bond donors (Lipinski definition) is 2. The number of hydrogen-bond acceptors (Lipinski definition) is 4. The van der Waals surface area contributed by atoms with Gasteiger partial charge in [0, 0.05) is 18.6 Å². The van der Waals surface area contributed by atoms with Crippen molar-refractivity contribution in [2.45, 2.75) is 90.4 Å². The third-order valence-corrected chi connectivity index (χ3v) is 5.02. The van der Waals surface area contributed by atoms with Gasteiger partial charge in [-0.05, 0) is 58.3 Å². The van der Waals surface area contributed by atoms with Gasteiger partial charge in [-0.25, -0.2) is 9.59 Å². The van der Waals surface area contributed by atoms with E-state index in [9.17, 15) is 14.7 Å². The number of aliphatic carboxylic acids is 1. The average molecular weight is 340 g/mol. The maximum atomic E-state index is 12.3. The molecular weight excluding hydrogens is 308 g/mol. The van der Waals surface area contributed by atoms with Gasteiger partial charge in [0.1, 0.15) is 11.6 Å². The molecule has 0 radical (unpaired) electrons. The monoisotopic (exact) mass is 340 g/mol. The molecule has 24 heavy (non-hydrogen) atoms. The number of carboxylic acid groups (broad SMARTS) is 1. The van der Waals surface area contributed by atoms with E-state index in [0.29, 0.717) is 24.4 Å². The summed E-state index contributed by atoms with van der Waals surface area (Å²) >= 11 is 0. The minimum atomic E-state index is -0.963. The van der Waals surface area contributed by atoms with Crippen LogP contribution in [0.1, 0.15) is 66.7 Å². The van der Waals surface area contributed by atoms with Crippen molar-refractivity contribution in [3.05, 3.63) is 0 Å². The molecule has 1 aliphatic carbocycles. The Hall–Kier alpha value is -1.30. The number of nitrogens with zero attached hydrogens (tertiary/aromatic N) is 1. The molecule has 0 bridgehead atoms. The van der Waals surface area contributed by atoms with Crippen LogP contribution in [0.15, 0.2) is 0 Å². The lowest BCUT2D eigenvalue weighted by molar-refractivity contribution is -0.142. The maximum absolute atomic E-state index is 12.3. The third-order valence-electron chi connectivity index (χ3n) is 5.02. The Morgan fingerprint density at radius 1 is 1.17 bits per heavy atom. The third kappa shape index (κ3) is 5.10. The first kappa shape index (κ1) is 19.0. The quantitative estimate of drug-likeness (QED) is 0.826. The van der Waals surface area contributed by atoms with Gasteiger partial charge in [-0.2, -0.15) is 0 Å². The molecule has 2 fully saturated rings. The van der Waals surface area contributed by atoms with Crippen LogP contribution in [0.5, 0.6) is 0 Å². The number of carbonyl (C=O) groups excluding carboxylic acids is 1. The van der Waals surface area contributed by atoms with Crippen LogP contribution in [0.25, 0.3) is 0 Å². The number of nitrogens with one attached hydrogen (secondary N) is 1. The van der Waals surface area contributed by atoms with E-state index in [1.165, 1.54) is 17.7 Å². The van der Waals surface area contributed by atoms with E-state index >= 15 is 0 Å². The summed E-state index contributed by atoms with van der Waals surface area (Å²) < 4.78 is 5.36. The van der Waals surface area contributed by atoms with Crippen LogP contribution in [0, 0.1) is 5.41 Å². The molecule has 1 aliphatic heterocycles. The Bertz CT molecular complexity index is 474. The van der Waals surface area contributed by atoms with E-state index in [2.05, 4.69) is 19.2 Å². The molecular formula is C18H32N2O4.